The van der Waals surface area contributed by atoms with Gasteiger partial charge in [-0.25, -0.2) is 0 Å². The molecule has 5 nitrogen and oxygen atoms in total. The molecule has 118 valence electrons. The van der Waals surface area contributed by atoms with Crippen LogP contribution in [0.2, 0.25) is 0 Å². The van der Waals surface area contributed by atoms with Crippen LogP contribution in [0.1, 0.15) is 13.3 Å². The molecule has 0 radical (unpaired) electrons. The molecule has 1 heterocycles. The van der Waals surface area contributed by atoms with Gasteiger partial charge < -0.3 is 15.0 Å². The number of para-hydroxylation sites is 1. The molecule has 0 saturated heterocycles. The Hall–Kier alpha value is -1.60. The van der Waals surface area contributed by atoms with Crippen molar-refractivity contribution in [3.8, 4) is 5.88 Å². The Morgan fingerprint density at radius 2 is 2.18 bits per heavy atom. The molecule has 0 bridgehead atoms. The van der Waals surface area contributed by atoms with Crippen LogP contribution in [0.3, 0.4) is 0 Å². The van der Waals surface area contributed by atoms with E-state index in [9.17, 15) is 5.11 Å². The summed E-state index contributed by atoms with van der Waals surface area (Å²) < 4.78 is 1.80. The van der Waals surface area contributed by atoms with Gasteiger partial charge in [0.2, 0.25) is 11.0 Å². The lowest BCUT2D eigenvalue weighted by molar-refractivity contribution is 0.427. The van der Waals surface area contributed by atoms with Gasteiger partial charge in [0.05, 0.1) is 5.52 Å². The summed E-state index contributed by atoms with van der Waals surface area (Å²) in [6.45, 7) is 3.42. The number of aromatic hydroxyl groups is 1. The number of nitrogens with one attached hydrogen (secondary N) is 1. The standard InChI is InChI=1S/C15H20N4OS2/c1-3-19-12-8-5-4-7-11(12)13(14(19)20)17-18-15(21)16-9-6-10-22-2/h4-5,7-8,20H,3,6,9-10H2,1-2H3,(H,16,21). The Balaban J connectivity index is 2.16. The third-order valence-electron chi connectivity index (χ3n) is 3.28. The monoisotopic (exact) mass is 336 g/mol. The van der Waals surface area contributed by atoms with Crippen LogP contribution in [0.15, 0.2) is 34.5 Å². The summed E-state index contributed by atoms with van der Waals surface area (Å²) in [5, 5.41) is 22.7. The van der Waals surface area contributed by atoms with Crippen molar-refractivity contribution in [2.45, 2.75) is 19.9 Å². The molecule has 2 rings (SSSR count). The first-order chi connectivity index (χ1) is 10.7. The number of aromatic nitrogens is 1. The summed E-state index contributed by atoms with van der Waals surface area (Å²) in [7, 11) is 0. The number of rotatable bonds is 6. The molecule has 2 aromatic rings. The van der Waals surface area contributed by atoms with Crippen molar-refractivity contribution in [3.05, 3.63) is 24.3 Å². The first-order valence-corrected chi connectivity index (χ1v) is 8.98. The molecule has 0 amide bonds. The highest BCUT2D eigenvalue weighted by Gasteiger charge is 2.14. The summed E-state index contributed by atoms with van der Waals surface area (Å²) >= 11 is 6.94. The molecule has 0 spiro atoms. The van der Waals surface area contributed by atoms with Crippen molar-refractivity contribution in [2.75, 3.05) is 18.6 Å². The Morgan fingerprint density at radius 1 is 1.41 bits per heavy atom. The molecule has 1 aromatic carbocycles. The molecule has 0 fully saturated rings. The zero-order chi connectivity index (χ0) is 15.9. The highest BCUT2D eigenvalue weighted by atomic mass is 32.2. The van der Waals surface area contributed by atoms with Gasteiger partial charge >= 0.3 is 0 Å². The van der Waals surface area contributed by atoms with Crippen molar-refractivity contribution in [1.29, 1.82) is 0 Å². The summed E-state index contributed by atoms with van der Waals surface area (Å²) in [5.41, 5.74) is 1.40. The molecule has 0 aliphatic carbocycles. The van der Waals surface area contributed by atoms with E-state index in [1.54, 1.807) is 16.3 Å². The highest BCUT2D eigenvalue weighted by Crippen LogP contribution is 2.38. The average Bonchev–Trinajstić information content (AvgIpc) is 2.80. The molecule has 2 N–H and O–H groups in total. The summed E-state index contributed by atoms with van der Waals surface area (Å²) in [6, 6.07) is 7.73. The SMILES string of the molecule is CCn1c(O)c(N=NC(=S)NCCCSC)c2ccccc21. The minimum Gasteiger partial charge on any atom is -0.493 e. The maximum atomic E-state index is 10.3. The molecule has 0 aliphatic rings. The van der Waals surface area contributed by atoms with Crippen LogP contribution in [0, 0.1) is 0 Å². The van der Waals surface area contributed by atoms with Crippen LogP contribution < -0.4 is 5.32 Å². The van der Waals surface area contributed by atoms with Crippen LogP contribution in [-0.2, 0) is 6.54 Å². The maximum absolute atomic E-state index is 10.3. The molecule has 22 heavy (non-hydrogen) atoms. The van der Waals surface area contributed by atoms with Crippen LogP contribution >= 0.6 is 24.0 Å². The normalized spacial score (nSPS) is 11.4. The number of aryl methyl sites for hydroxylation is 1. The molecule has 7 heteroatoms. The number of azo groups is 1. The van der Waals surface area contributed by atoms with E-state index in [0.29, 0.717) is 17.3 Å². The quantitative estimate of drug-likeness (QED) is 0.474. The minimum absolute atomic E-state index is 0.123. The highest BCUT2D eigenvalue weighted by molar-refractivity contribution is 7.98. The van der Waals surface area contributed by atoms with Crippen LogP contribution in [0.5, 0.6) is 5.88 Å². The summed E-state index contributed by atoms with van der Waals surface area (Å²) in [4.78, 5) is 0. The molecule has 0 saturated carbocycles. The smallest absolute Gasteiger partial charge is 0.220 e. The molecule has 0 atom stereocenters. The van der Waals surface area contributed by atoms with E-state index in [4.69, 9.17) is 12.2 Å². The van der Waals surface area contributed by atoms with E-state index in [-0.39, 0.29) is 5.88 Å². The number of nitrogens with zero attached hydrogens (tertiary/aromatic N) is 3. The van der Waals surface area contributed by atoms with Gasteiger partial charge in [0.1, 0.15) is 0 Å². The van der Waals surface area contributed by atoms with Crippen molar-refractivity contribution < 1.29 is 5.11 Å². The maximum Gasteiger partial charge on any atom is 0.220 e. The van der Waals surface area contributed by atoms with Crippen molar-refractivity contribution >= 4 is 45.7 Å². The second kappa shape index (κ2) is 8.14. The van der Waals surface area contributed by atoms with E-state index in [1.165, 1.54) is 0 Å². The van der Waals surface area contributed by atoms with Crippen LogP contribution in [-0.4, -0.2) is 33.3 Å². The molecular formula is C15H20N4OS2. The van der Waals surface area contributed by atoms with E-state index in [1.807, 2.05) is 31.2 Å². The fourth-order valence-corrected chi connectivity index (χ4v) is 2.81. The Kier molecular flexibility index (Phi) is 6.21. The van der Waals surface area contributed by atoms with Crippen molar-refractivity contribution in [3.63, 3.8) is 0 Å². The number of fused-ring (bicyclic) bond motifs is 1. The topological polar surface area (TPSA) is 61.9 Å². The van der Waals surface area contributed by atoms with Gasteiger partial charge in [0.15, 0.2) is 5.69 Å². The van der Waals surface area contributed by atoms with E-state index in [2.05, 4.69) is 21.8 Å². The van der Waals surface area contributed by atoms with Gasteiger partial charge in [-0.15, -0.1) is 10.2 Å². The van der Waals surface area contributed by atoms with Gasteiger partial charge in [-0.05, 0) is 43.6 Å². The van der Waals surface area contributed by atoms with Gasteiger partial charge in [-0.3, -0.25) is 0 Å². The zero-order valence-electron chi connectivity index (χ0n) is 12.7. The zero-order valence-corrected chi connectivity index (χ0v) is 14.4. The summed E-state index contributed by atoms with van der Waals surface area (Å²) in [6.07, 6.45) is 3.10. The summed E-state index contributed by atoms with van der Waals surface area (Å²) in [5.74, 6) is 1.20. The minimum atomic E-state index is 0.123. The van der Waals surface area contributed by atoms with E-state index >= 15 is 0 Å². The number of thiocarbonyl (C=S) groups is 1. The van der Waals surface area contributed by atoms with Gasteiger partial charge in [0.25, 0.3) is 0 Å². The Morgan fingerprint density at radius 3 is 2.91 bits per heavy atom. The molecular weight excluding hydrogens is 316 g/mol. The van der Waals surface area contributed by atoms with Gasteiger partial charge in [-0.2, -0.15) is 11.8 Å². The largest absolute Gasteiger partial charge is 0.493 e. The van der Waals surface area contributed by atoms with Gasteiger partial charge in [-0.1, -0.05) is 18.2 Å². The lowest BCUT2D eigenvalue weighted by Crippen LogP contribution is -2.20. The second-order valence-electron chi connectivity index (χ2n) is 4.71. The Bertz CT molecular complexity index is 681. The first kappa shape index (κ1) is 16.8. The number of hydrogen-bond donors (Lipinski definition) is 2. The molecule has 0 unspecified atom stereocenters. The fraction of sp³-hybridized carbons (Fsp3) is 0.400. The second-order valence-corrected chi connectivity index (χ2v) is 6.08. The van der Waals surface area contributed by atoms with E-state index in [0.717, 1.165) is 29.6 Å². The average molecular weight is 336 g/mol. The third kappa shape index (κ3) is 3.78. The number of hydrogen-bond acceptors (Lipinski definition) is 4. The van der Waals surface area contributed by atoms with E-state index < -0.39 is 0 Å². The van der Waals surface area contributed by atoms with Crippen LogP contribution in [0.4, 0.5) is 5.69 Å². The number of thioether (sulfide) groups is 1. The molecule has 0 aliphatic heterocycles. The lowest BCUT2D eigenvalue weighted by Gasteiger charge is -2.02. The van der Waals surface area contributed by atoms with Crippen LogP contribution in [0.25, 0.3) is 10.9 Å². The van der Waals surface area contributed by atoms with Gasteiger partial charge in [0, 0.05) is 18.5 Å². The Labute approximate surface area is 139 Å². The predicted molar refractivity (Wildman–Crippen MR) is 97.4 cm³/mol. The first-order valence-electron chi connectivity index (χ1n) is 7.17. The van der Waals surface area contributed by atoms with Crippen molar-refractivity contribution in [1.82, 2.24) is 9.88 Å². The number of benzene rings is 1. The third-order valence-corrected chi connectivity index (χ3v) is 4.20. The molecule has 1 aromatic heterocycles. The lowest BCUT2D eigenvalue weighted by atomic mass is 10.2. The predicted octanol–water partition coefficient (Wildman–Crippen LogP) is 4.08. The van der Waals surface area contributed by atoms with Crippen molar-refractivity contribution in [2.24, 2.45) is 10.2 Å². The fourth-order valence-electron chi connectivity index (χ4n) is 2.23.